The molecule has 148 valence electrons. The lowest BCUT2D eigenvalue weighted by molar-refractivity contribution is -0.0555. The molecule has 29 heavy (non-hydrogen) atoms. The minimum Gasteiger partial charge on any atom is -0.504 e. The Bertz CT molecular complexity index is 1040. The maximum atomic E-state index is 12.7. The number of benzene rings is 1. The average molecular weight is 390 g/mol. The second-order valence-corrected chi connectivity index (χ2v) is 8.55. The van der Waals surface area contributed by atoms with Crippen LogP contribution in [0.1, 0.15) is 27.9 Å². The molecule has 2 bridgehead atoms. The van der Waals surface area contributed by atoms with Crippen LogP contribution in [0.3, 0.4) is 0 Å². The molecule has 1 N–H and O–H groups in total. The second-order valence-electron chi connectivity index (χ2n) is 8.55. The molecule has 0 unspecified atom stereocenters. The monoisotopic (exact) mass is 390 g/mol. The van der Waals surface area contributed by atoms with E-state index in [1.807, 2.05) is 12.1 Å². The Morgan fingerprint density at radius 3 is 3.07 bits per heavy atom. The third-order valence-corrected chi connectivity index (χ3v) is 7.27. The van der Waals surface area contributed by atoms with E-state index in [0.29, 0.717) is 17.4 Å². The standard InChI is InChI=1S/C23H22N2O4/c1-25-10-8-23-15-5-7-18(28-22(27)14-3-2-9-24-12-14)21(23)29-20-17(26)6-4-13(19(20)23)11-16(15)25/h2-7,9,12,15-16,18,21,26H,8,10-11H2,1H3/t15-,16+,18+,21-,23-/m0/s1. The van der Waals surface area contributed by atoms with Crippen LogP contribution in [0.25, 0.3) is 0 Å². The highest BCUT2D eigenvalue weighted by Gasteiger charge is 2.65. The number of carbonyl (C=O) groups is 1. The van der Waals surface area contributed by atoms with Gasteiger partial charge >= 0.3 is 5.97 Å². The van der Waals surface area contributed by atoms with Crippen LogP contribution in [0.15, 0.2) is 48.8 Å². The molecule has 0 amide bonds. The number of aromatic nitrogens is 1. The summed E-state index contributed by atoms with van der Waals surface area (Å²) in [5.41, 5.74) is 2.52. The van der Waals surface area contributed by atoms with E-state index in [1.165, 1.54) is 11.8 Å². The van der Waals surface area contributed by atoms with Gasteiger partial charge in [-0.05, 0) is 56.3 Å². The van der Waals surface area contributed by atoms with Crippen molar-refractivity contribution in [2.75, 3.05) is 13.6 Å². The fourth-order valence-electron chi connectivity index (χ4n) is 6.00. The first-order valence-corrected chi connectivity index (χ1v) is 10.1. The Morgan fingerprint density at radius 1 is 1.34 bits per heavy atom. The van der Waals surface area contributed by atoms with Gasteiger partial charge in [0, 0.05) is 35.3 Å². The van der Waals surface area contributed by atoms with E-state index in [2.05, 4.69) is 23.0 Å². The molecule has 6 nitrogen and oxygen atoms in total. The predicted molar refractivity (Wildman–Crippen MR) is 105 cm³/mol. The van der Waals surface area contributed by atoms with Crippen LogP contribution in [0.2, 0.25) is 0 Å². The molecule has 1 aromatic heterocycles. The van der Waals surface area contributed by atoms with E-state index < -0.39 is 12.1 Å². The number of hydrogen-bond acceptors (Lipinski definition) is 6. The molecule has 1 aromatic carbocycles. The van der Waals surface area contributed by atoms with Gasteiger partial charge < -0.3 is 19.5 Å². The number of phenolic OH excluding ortho intramolecular Hbond substituents is 1. The Labute approximate surface area is 168 Å². The fraction of sp³-hybridized carbons (Fsp3) is 0.391. The van der Waals surface area contributed by atoms with Gasteiger partial charge in [-0.25, -0.2) is 4.79 Å². The SMILES string of the molecule is CN1CC[C@]23c4c5ccc(O)c4O[C@H]2[C@H](OC(=O)c2cccnc2)C=C[C@H]3[C@H]1C5. The summed E-state index contributed by atoms with van der Waals surface area (Å²) in [6.07, 6.45) is 8.32. The third-order valence-electron chi connectivity index (χ3n) is 7.27. The molecule has 6 rings (SSSR count). The zero-order valence-corrected chi connectivity index (χ0v) is 16.1. The molecule has 3 heterocycles. The number of hydrogen-bond donors (Lipinski definition) is 1. The van der Waals surface area contributed by atoms with Gasteiger partial charge in [0.2, 0.25) is 0 Å². The van der Waals surface area contributed by atoms with Crippen molar-refractivity contribution in [3.63, 3.8) is 0 Å². The Hall–Kier alpha value is -2.86. The zero-order chi connectivity index (χ0) is 19.8. The number of carbonyl (C=O) groups excluding carboxylic acids is 1. The third kappa shape index (κ3) is 2.15. The molecule has 2 aliphatic carbocycles. The van der Waals surface area contributed by atoms with Crippen LogP contribution < -0.4 is 4.74 Å². The number of ether oxygens (including phenoxy) is 2. The quantitative estimate of drug-likeness (QED) is 0.627. The van der Waals surface area contributed by atoms with E-state index in [0.717, 1.165) is 24.9 Å². The number of likely N-dealkylation sites (tertiary alicyclic amines) is 1. The van der Waals surface area contributed by atoms with Crippen LogP contribution in [-0.2, 0) is 16.6 Å². The minimum atomic E-state index is -0.513. The highest BCUT2D eigenvalue weighted by Crippen LogP contribution is 2.62. The van der Waals surface area contributed by atoms with E-state index in [9.17, 15) is 9.90 Å². The van der Waals surface area contributed by atoms with Crippen molar-refractivity contribution >= 4 is 5.97 Å². The topological polar surface area (TPSA) is 71.9 Å². The smallest absolute Gasteiger partial charge is 0.340 e. The molecular weight excluding hydrogens is 368 g/mol. The van der Waals surface area contributed by atoms with Crippen molar-refractivity contribution in [2.24, 2.45) is 5.92 Å². The predicted octanol–water partition coefficient (Wildman–Crippen LogP) is 2.46. The normalized spacial score (nSPS) is 33.7. The Kier molecular flexibility index (Phi) is 3.42. The van der Waals surface area contributed by atoms with Crippen LogP contribution in [0, 0.1) is 5.92 Å². The molecule has 1 spiro atoms. The van der Waals surface area contributed by atoms with Crippen molar-refractivity contribution in [1.82, 2.24) is 9.88 Å². The highest BCUT2D eigenvalue weighted by molar-refractivity contribution is 5.89. The Balaban J connectivity index is 1.45. The van der Waals surface area contributed by atoms with Crippen LogP contribution in [-0.4, -0.2) is 52.8 Å². The van der Waals surface area contributed by atoms with E-state index >= 15 is 0 Å². The molecule has 5 atom stereocenters. The first kappa shape index (κ1) is 17.0. The largest absolute Gasteiger partial charge is 0.504 e. The van der Waals surface area contributed by atoms with Crippen molar-refractivity contribution in [2.45, 2.75) is 36.5 Å². The second kappa shape index (κ2) is 5.83. The lowest BCUT2D eigenvalue weighted by Crippen LogP contribution is -2.65. The van der Waals surface area contributed by atoms with E-state index in [1.54, 1.807) is 24.4 Å². The molecule has 0 radical (unpaired) electrons. The summed E-state index contributed by atoms with van der Waals surface area (Å²) in [7, 11) is 2.18. The number of piperidine rings is 1. The zero-order valence-electron chi connectivity index (χ0n) is 16.1. The van der Waals surface area contributed by atoms with E-state index in [4.69, 9.17) is 9.47 Å². The molecular formula is C23H22N2O4. The van der Waals surface area contributed by atoms with Crippen molar-refractivity contribution in [3.05, 3.63) is 65.5 Å². The number of nitrogens with zero attached hydrogens (tertiary/aromatic N) is 2. The van der Waals surface area contributed by atoms with Crippen LogP contribution in [0.4, 0.5) is 0 Å². The lowest BCUT2D eigenvalue weighted by Gasteiger charge is -2.56. The lowest BCUT2D eigenvalue weighted by atomic mass is 9.53. The van der Waals surface area contributed by atoms with Crippen molar-refractivity contribution in [3.8, 4) is 11.5 Å². The summed E-state index contributed by atoms with van der Waals surface area (Å²) in [5.74, 6) is 0.606. The van der Waals surface area contributed by atoms with Crippen LogP contribution in [0.5, 0.6) is 11.5 Å². The molecule has 4 aliphatic rings. The van der Waals surface area contributed by atoms with Gasteiger partial charge in [-0.15, -0.1) is 0 Å². The summed E-state index contributed by atoms with van der Waals surface area (Å²) in [6.45, 7) is 0.951. The van der Waals surface area contributed by atoms with Gasteiger partial charge in [0.1, 0.15) is 6.10 Å². The van der Waals surface area contributed by atoms with Gasteiger partial charge in [-0.3, -0.25) is 4.98 Å². The molecule has 2 aromatic rings. The van der Waals surface area contributed by atoms with Crippen LogP contribution >= 0.6 is 0 Å². The van der Waals surface area contributed by atoms with Gasteiger partial charge in [0.05, 0.1) is 5.56 Å². The molecule has 6 heteroatoms. The first-order chi connectivity index (χ1) is 14.1. The number of aromatic hydroxyl groups is 1. The average Bonchev–Trinajstić information content (AvgIpc) is 3.10. The summed E-state index contributed by atoms with van der Waals surface area (Å²) in [4.78, 5) is 19.2. The van der Waals surface area contributed by atoms with Crippen molar-refractivity contribution in [1.29, 1.82) is 0 Å². The maximum Gasteiger partial charge on any atom is 0.340 e. The van der Waals surface area contributed by atoms with E-state index in [-0.39, 0.29) is 23.2 Å². The molecule has 2 aliphatic heterocycles. The molecule has 1 fully saturated rings. The molecule has 1 saturated heterocycles. The summed E-state index contributed by atoms with van der Waals surface area (Å²) >= 11 is 0. The fourth-order valence-corrected chi connectivity index (χ4v) is 6.00. The van der Waals surface area contributed by atoms with Gasteiger partial charge in [0.15, 0.2) is 17.6 Å². The number of rotatable bonds is 2. The Morgan fingerprint density at radius 2 is 2.24 bits per heavy atom. The van der Waals surface area contributed by atoms with Crippen molar-refractivity contribution < 1.29 is 19.4 Å². The summed E-state index contributed by atoms with van der Waals surface area (Å²) < 4.78 is 12.3. The van der Waals surface area contributed by atoms with Gasteiger partial charge in [-0.1, -0.05) is 12.1 Å². The number of likely N-dealkylation sites (N-methyl/N-ethyl adjacent to an activating group) is 1. The van der Waals surface area contributed by atoms with Gasteiger partial charge in [0.25, 0.3) is 0 Å². The summed E-state index contributed by atoms with van der Waals surface area (Å²) in [6, 6.07) is 7.55. The first-order valence-electron chi connectivity index (χ1n) is 10.1. The molecule has 0 saturated carbocycles. The van der Waals surface area contributed by atoms with Gasteiger partial charge in [-0.2, -0.15) is 0 Å². The highest BCUT2D eigenvalue weighted by atomic mass is 16.6. The number of pyridine rings is 1. The number of esters is 1. The maximum absolute atomic E-state index is 12.7. The number of phenols is 1. The minimum absolute atomic E-state index is 0.168. The summed E-state index contributed by atoms with van der Waals surface area (Å²) in [5, 5.41) is 10.5.